The van der Waals surface area contributed by atoms with Crippen LogP contribution in [0.25, 0.3) is 0 Å². The van der Waals surface area contributed by atoms with E-state index < -0.39 is 11.6 Å². The molecular weight excluding hydrogens is 436 g/mol. The monoisotopic (exact) mass is 471 g/mol. The van der Waals surface area contributed by atoms with E-state index in [4.69, 9.17) is 9.97 Å². The number of hydrogen-bond acceptors (Lipinski definition) is 6. The number of carbonyl (C=O) groups excluding carboxylic acids is 1. The molecule has 1 atom stereocenters. The highest BCUT2D eigenvalue weighted by Crippen LogP contribution is 2.32. The average molecular weight is 472 g/mol. The van der Waals surface area contributed by atoms with Crippen molar-refractivity contribution >= 4 is 17.4 Å². The predicted molar refractivity (Wildman–Crippen MR) is 130 cm³/mol. The molecule has 1 aromatic heterocycles. The van der Waals surface area contributed by atoms with Gasteiger partial charge in [0.1, 0.15) is 17.4 Å². The molecule has 4 rings (SSSR count). The first-order chi connectivity index (χ1) is 16.2. The Morgan fingerprint density at radius 2 is 1.82 bits per heavy atom. The number of fused-ring (bicyclic) bond motifs is 1. The fraction of sp³-hybridized carbons (Fsp3) is 0.577. The summed E-state index contributed by atoms with van der Waals surface area (Å²) in [6.07, 6.45) is 2.25. The Morgan fingerprint density at radius 3 is 2.47 bits per heavy atom. The van der Waals surface area contributed by atoms with Crippen molar-refractivity contribution < 1.29 is 13.6 Å². The lowest BCUT2D eigenvalue weighted by molar-refractivity contribution is -0.126. The second-order valence-electron chi connectivity index (χ2n) is 10.1. The van der Waals surface area contributed by atoms with Gasteiger partial charge in [0.25, 0.3) is 0 Å². The molecule has 1 N–H and O–H groups in total. The molecule has 0 radical (unpaired) electrons. The van der Waals surface area contributed by atoms with Crippen molar-refractivity contribution in [2.24, 2.45) is 11.8 Å². The molecule has 0 amide bonds. The second-order valence-corrected chi connectivity index (χ2v) is 10.1. The van der Waals surface area contributed by atoms with Gasteiger partial charge in [-0.25, -0.2) is 18.7 Å². The molecule has 0 saturated carbocycles. The molecule has 2 heterocycles. The van der Waals surface area contributed by atoms with Crippen molar-refractivity contribution in [3.8, 4) is 0 Å². The molecule has 6 nitrogen and oxygen atoms in total. The quantitative estimate of drug-likeness (QED) is 0.652. The zero-order valence-electron chi connectivity index (χ0n) is 20.6. The summed E-state index contributed by atoms with van der Waals surface area (Å²) in [7, 11) is 0. The molecule has 1 aliphatic heterocycles. The molecule has 34 heavy (non-hydrogen) atoms. The van der Waals surface area contributed by atoms with Crippen LogP contribution < -0.4 is 10.2 Å². The number of nitrogens with zero attached hydrogens (tertiary/aromatic N) is 4. The lowest BCUT2D eigenvalue weighted by atomic mass is 9.83. The van der Waals surface area contributed by atoms with Gasteiger partial charge in [0.05, 0.1) is 11.4 Å². The number of piperazine rings is 1. The van der Waals surface area contributed by atoms with Gasteiger partial charge >= 0.3 is 0 Å². The van der Waals surface area contributed by atoms with Crippen molar-refractivity contribution in [1.82, 2.24) is 14.9 Å². The van der Waals surface area contributed by atoms with Crippen molar-refractivity contribution in [3.63, 3.8) is 0 Å². The van der Waals surface area contributed by atoms with E-state index in [9.17, 15) is 13.6 Å². The number of ketones is 1. The molecule has 0 bridgehead atoms. The van der Waals surface area contributed by atoms with Crippen molar-refractivity contribution in [2.45, 2.75) is 59.5 Å². The highest BCUT2D eigenvalue weighted by molar-refractivity contribution is 5.83. The molecule has 1 unspecified atom stereocenters. The van der Waals surface area contributed by atoms with Gasteiger partial charge in [-0.1, -0.05) is 19.9 Å². The molecular formula is C26H35F2N5O. The number of aromatic nitrogens is 2. The van der Waals surface area contributed by atoms with Crippen LogP contribution in [-0.2, 0) is 24.2 Å². The van der Waals surface area contributed by atoms with E-state index in [0.29, 0.717) is 24.3 Å². The topological polar surface area (TPSA) is 61.4 Å². The normalized spacial score (nSPS) is 18.9. The number of Topliss-reactive ketones (excluding diaryl/α,β-unsaturated/α-hetero) is 1. The van der Waals surface area contributed by atoms with E-state index in [1.54, 1.807) is 0 Å². The molecule has 2 aliphatic rings. The number of hydrogen-bond donors (Lipinski definition) is 1. The van der Waals surface area contributed by atoms with Crippen LogP contribution in [0.2, 0.25) is 0 Å². The summed E-state index contributed by atoms with van der Waals surface area (Å²) in [6.45, 7) is 11.5. The van der Waals surface area contributed by atoms with E-state index in [1.807, 2.05) is 13.8 Å². The highest BCUT2D eigenvalue weighted by Gasteiger charge is 2.30. The van der Waals surface area contributed by atoms with Crippen LogP contribution in [0.3, 0.4) is 0 Å². The van der Waals surface area contributed by atoms with Gasteiger partial charge in [-0.2, -0.15) is 0 Å². The zero-order valence-corrected chi connectivity index (χ0v) is 20.6. The molecule has 1 aliphatic carbocycles. The van der Waals surface area contributed by atoms with E-state index in [1.165, 1.54) is 12.1 Å². The maximum Gasteiger partial charge on any atom is 0.172 e. The Bertz CT molecular complexity index is 1030. The Labute approximate surface area is 200 Å². The van der Waals surface area contributed by atoms with Gasteiger partial charge in [-0.05, 0) is 32.8 Å². The Hall–Kier alpha value is -2.61. The second kappa shape index (κ2) is 10.3. The third kappa shape index (κ3) is 5.54. The summed E-state index contributed by atoms with van der Waals surface area (Å²) in [6, 6.07) is 3.97. The summed E-state index contributed by atoms with van der Waals surface area (Å²) < 4.78 is 27.3. The fourth-order valence-corrected chi connectivity index (χ4v) is 4.82. The zero-order chi connectivity index (χ0) is 24.4. The van der Waals surface area contributed by atoms with Crippen molar-refractivity contribution in [3.05, 3.63) is 46.8 Å². The number of carbonyl (C=O) groups is 1. The lowest BCUT2D eigenvalue weighted by Crippen LogP contribution is -2.47. The first kappa shape index (κ1) is 24.5. The van der Waals surface area contributed by atoms with Gasteiger partial charge in [-0.15, -0.1) is 0 Å². The van der Waals surface area contributed by atoms with Crippen molar-refractivity contribution in [2.75, 3.05) is 36.4 Å². The van der Waals surface area contributed by atoms with Gasteiger partial charge in [-0.3, -0.25) is 9.69 Å². The van der Waals surface area contributed by atoms with Crippen LogP contribution in [0.4, 0.5) is 20.4 Å². The Balaban J connectivity index is 1.49. The maximum absolute atomic E-state index is 14.1. The van der Waals surface area contributed by atoms with Crippen molar-refractivity contribution in [1.29, 1.82) is 0 Å². The Kier molecular flexibility index (Phi) is 7.45. The summed E-state index contributed by atoms with van der Waals surface area (Å²) in [4.78, 5) is 27.0. The summed E-state index contributed by atoms with van der Waals surface area (Å²) >= 11 is 0. The number of benzene rings is 1. The molecule has 184 valence electrons. The van der Waals surface area contributed by atoms with E-state index in [-0.39, 0.29) is 17.9 Å². The van der Waals surface area contributed by atoms with Crippen LogP contribution in [0.15, 0.2) is 18.2 Å². The van der Waals surface area contributed by atoms with Crippen LogP contribution in [0.1, 0.15) is 51.1 Å². The molecule has 8 heteroatoms. The molecule has 1 saturated heterocycles. The van der Waals surface area contributed by atoms with Gasteiger partial charge in [0.2, 0.25) is 0 Å². The average Bonchev–Trinajstić information content (AvgIpc) is 2.79. The van der Waals surface area contributed by atoms with E-state index in [0.717, 1.165) is 68.1 Å². The minimum atomic E-state index is -0.554. The highest BCUT2D eigenvalue weighted by atomic mass is 19.1. The predicted octanol–water partition coefficient (Wildman–Crippen LogP) is 4.23. The molecule has 1 aromatic carbocycles. The van der Waals surface area contributed by atoms with Crippen LogP contribution in [0, 0.1) is 23.5 Å². The number of nitrogens with one attached hydrogen (secondary N) is 1. The smallest absolute Gasteiger partial charge is 0.172 e. The number of rotatable bonds is 7. The summed E-state index contributed by atoms with van der Waals surface area (Å²) in [5, 5.41) is 3.45. The first-order valence-electron chi connectivity index (χ1n) is 12.3. The Morgan fingerprint density at radius 1 is 1.09 bits per heavy atom. The summed E-state index contributed by atoms with van der Waals surface area (Å²) in [5.74, 6) is 0.936. The fourth-order valence-electron chi connectivity index (χ4n) is 4.82. The van der Waals surface area contributed by atoms with Crippen LogP contribution in [0.5, 0.6) is 0 Å². The first-order valence-corrected chi connectivity index (χ1v) is 12.3. The van der Waals surface area contributed by atoms with Crippen LogP contribution >= 0.6 is 0 Å². The largest absolute Gasteiger partial charge is 0.365 e. The minimum absolute atomic E-state index is 0.0231. The van der Waals surface area contributed by atoms with E-state index >= 15 is 0 Å². The van der Waals surface area contributed by atoms with Gasteiger partial charge < -0.3 is 10.2 Å². The number of halogens is 2. The third-order valence-electron chi connectivity index (χ3n) is 6.68. The molecule has 1 fully saturated rings. The molecule has 2 aromatic rings. The number of anilines is 2. The third-order valence-corrected chi connectivity index (χ3v) is 6.68. The van der Waals surface area contributed by atoms with Crippen LogP contribution in [-0.4, -0.2) is 52.9 Å². The lowest BCUT2D eigenvalue weighted by Gasteiger charge is -2.37. The van der Waals surface area contributed by atoms with E-state index in [2.05, 4.69) is 29.0 Å². The number of aryl methyl sites for hydroxylation is 1. The maximum atomic E-state index is 14.1. The minimum Gasteiger partial charge on any atom is -0.365 e. The van der Waals surface area contributed by atoms with Gasteiger partial charge in [0, 0.05) is 68.7 Å². The standard InChI is InChI=1S/C26H35F2N5O/c1-16(2)24(34)18-6-8-22-23(13-18)30-25(29-17(3)4)26(31-22)33-11-9-32(10-12-33)15-19-5-7-20(27)14-21(19)28/h5,7,14,16-18H,6,8-13,15H2,1-4H3,(H,29,30). The van der Waals surface area contributed by atoms with Gasteiger partial charge in [0.15, 0.2) is 11.6 Å². The molecule has 0 spiro atoms. The summed E-state index contributed by atoms with van der Waals surface area (Å²) in [5.41, 5.74) is 2.44. The SMILES string of the molecule is CC(C)Nc1nc2c(nc1N1CCN(Cc3ccc(F)cc3F)CC1)CCC(C(=O)C(C)C)C2.